The number of nitrogens with zero attached hydrogens (tertiary/aromatic N) is 2. The lowest BCUT2D eigenvalue weighted by Gasteiger charge is -2.12. The van der Waals surface area contributed by atoms with E-state index in [9.17, 15) is 14.7 Å². The Bertz CT molecular complexity index is 1060. The summed E-state index contributed by atoms with van der Waals surface area (Å²) >= 11 is 0. The highest BCUT2D eigenvalue weighted by molar-refractivity contribution is 6.23. The topological polar surface area (TPSA) is 111 Å². The van der Waals surface area contributed by atoms with E-state index in [2.05, 4.69) is 10.4 Å². The van der Waals surface area contributed by atoms with Gasteiger partial charge in [0, 0.05) is 19.2 Å². The number of para-hydroxylation sites is 2. The molecule has 1 aliphatic rings. The van der Waals surface area contributed by atoms with Crippen LogP contribution < -0.4 is 10.1 Å². The van der Waals surface area contributed by atoms with Crippen molar-refractivity contribution in [2.24, 2.45) is 5.10 Å². The summed E-state index contributed by atoms with van der Waals surface area (Å²) in [7, 11) is 1.64. The van der Waals surface area contributed by atoms with Gasteiger partial charge < -0.3 is 20.3 Å². The van der Waals surface area contributed by atoms with Gasteiger partial charge in [0.15, 0.2) is 0 Å². The van der Waals surface area contributed by atoms with Gasteiger partial charge in [-0.25, -0.2) is 5.01 Å². The number of amides is 1. The number of phenolic OH excluding ortho intramolecular Hbond substituents is 1. The molecule has 0 aromatic heterocycles. The number of nitrogens with one attached hydrogen (secondary N) is 1. The van der Waals surface area contributed by atoms with Gasteiger partial charge in [-0.2, -0.15) is 5.10 Å². The Hall–Kier alpha value is -3.81. The molecule has 0 saturated heterocycles. The Labute approximate surface area is 186 Å². The maximum absolute atomic E-state index is 12.6. The number of methoxy groups -OCH3 is 1. The molecule has 2 aromatic carbocycles. The molecule has 0 saturated carbocycles. The number of phenols is 1. The number of aromatic hydroxyl groups is 1. The molecular formula is C24H27N3O5. The molecular weight excluding hydrogens is 410 g/mol. The standard InChI is InChI=1S/C24H27N3O5/c1-16-19(24(31)27(26-16)14-6-11-22(28)29)15-25-20-9-5-8-18(23(20)30)13-12-17-7-3-4-10-21(17)32-2/h3-5,7-10,15,25,30H,6,11-14H2,1-2H3,(H,28,29)/b19-15-. The molecule has 1 amide bonds. The number of rotatable bonds is 10. The lowest BCUT2D eigenvalue weighted by Crippen LogP contribution is -2.24. The van der Waals surface area contributed by atoms with Gasteiger partial charge in [-0.3, -0.25) is 9.59 Å². The predicted octanol–water partition coefficient (Wildman–Crippen LogP) is 3.56. The first-order chi connectivity index (χ1) is 15.4. The molecule has 0 fully saturated rings. The van der Waals surface area contributed by atoms with Crippen LogP contribution in [-0.4, -0.2) is 46.5 Å². The van der Waals surface area contributed by atoms with E-state index in [-0.39, 0.29) is 24.6 Å². The molecule has 0 spiro atoms. The number of aliphatic carboxylic acids is 1. The van der Waals surface area contributed by atoms with Crippen LogP contribution in [0.3, 0.4) is 0 Å². The van der Waals surface area contributed by atoms with Crippen LogP contribution in [0.4, 0.5) is 5.69 Å². The number of hydrazone groups is 1. The minimum Gasteiger partial charge on any atom is -0.505 e. The fourth-order valence-electron chi connectivity index (χ4n) is 3.51. The van der Waals surface area contributed by atoms with E-state index in [4.69, 9.17) is 9.84 Å². The third kappa shape index (κ3) is 5.46. The summed E-state index contributed by atoms with van der Waals surface area (Å²) in [4.78, 5) is 23.2. The van der Waals surface area contributed by atoms with Gasteiger partial charge >= 0.3 is 5.97 Å². The number of hydrogen-bond donors (Lipinski definition) is 3. The number of aryl methyl sites for hydroxylation is 2. The van der Waals surface area contributed by atoms with Crippen molar-refractivity contribution in [3.8, 4) is 11.5 Å². The Morgan fingerprint density at radius 1 is 1.16 bits per heavy atom. The molecule has 168 valence electrons. The zero-order valence-electron chi connectivity index (χ0n) is 18.2. The SMILES string of the molecule is COc1ccccc1CCc1cccc(N/C=C2\C(=O)N(CCCC(=O)O)N=C2C)c1O. The molecule has 1 heterocycles. The zero-order valence-corrected chi connectivity index (χ0v) is 18.2. The fourth-order valence-corrected chi connectivity index (χ4v) is 3.51. The minimum atomic E-state index is -0.907. The number of hydrogen-bond acceptors (Lipinski definition) is 6. The summed E-state index contributed by atoms with van der Waals surface area (Å²) in [5.41, 5.74) is 3.22. The van der Waals surface area contributed by atoms with Crippen molar-refractivity contribution in [3.05, 3.63) is 65.4 Å². The van der Waals surface area contributed by atoms with Crippen LogP contribution >= 0.6 is 0 Å². The Balaban J connectivity index is 1.67. The third-order valence-electron chi connectivity index (χ3n) is 5.23. The maximum Gasteiger partial charge on any atom is 0.303 e. The van der Waals surface area contributed by atoms with Crippen molar-refractivity contribution >= 4 is 23.3 Å². The Kier molecular flexibility index (Phi) is 7.49. The van der Waals surface area contributed by atoms with E-state index in [1.165, 1.54) is 11.2 Å². The van der Waals surface area contributed by atoms with E-state index in [0.717, 1.165) is 16.9 Å². The van der Waals surface area contributed by atoms with E-state index in [1.54, 1.807) is 20.1 Å². The van der Waals surface area contributed by atoms with Crippen LogP contribution in [0.5, 0.6) is 11.5 Å². The van der Waals surface area contributed by atoms with Crippen LogP contribution in [0.15, 0.2) is 59.3 Å². The predicted molar refractivity (Wildman–Crippen MR) is 122 cm³/mol. The second kappa shape index (κ2) is 10.5. The van der Waals surface area contributed by atoms with Gasteiger partial charge in [-0.15, -0.1) is 0 Å². The Morgan fingerprint density at radius 2 is 1.88 bits per heavy atom. The quantitative estimate of drug-likeness (QED) is 0.387. The smallest absolute Gasteiger partial charge is 0.303 e. The molecule has 0 radical (unpaired) electrons. The van der Waals surface area contributed by atoms with Crippen molar-refractivity contribution in [2.75, 3.05) is 19.0 Å². The zero-order chi connectivity index (χ0) is 23.1. The number of carbonyl (C=O) groups excluding carboxylic acids is 1. The molecule has 0 bridgehead atoms. The van der Waals surface area contributed by atoms with Crippen LogP contribution in [-0.2, 0) is 22.4 Å². The van der Waals surface area contributed by atoms with Crippen LogP contribution in [0.25, 0.3) is 0 Å². The van der Waals surface area contributed by atoms with Gasteiger partial charge in [0.05, 0.1) is 24.1 Å². The normalized spacial score (nSPS) is 14.6. The second-order valence-electron chi connectivity index (χ2n) is 7.44. The van der Waals surface area contributed by atoms with Crippen molar-refractivity contribution in [3.63, 3.8) is 0 Å². The molecule has 3 N–H and O–H groups in total. The third-order valence-corrected chi connectivity index (χ3v) is 5.23. The van der Waals surface area contributed by atoms with Crippen molar-refractivity contribution in [1.82, 2.24) is 5.01 Å². The van der Waals surface area contributed by atoms with Gasteiger partial charge in [0.1, 0.15) is 11.5 Å². The number of carbonyl (C=O) groups is 2. The molecule has 3 rings (SSSR count). The summed E-state index contributed by atoms with van der Waals surface area (Å²) in [6, 6.07) is 13.2. The summed E-state index contributed by atoms with van der Waals surface area (Å²) in [6.45, 7) is 1.95. The first-order valence-corrected chi connectivity index (χ1v) is 10.4. The molecule has 8 heteroatoms. The van der Waals surface area contributed by atoms with E-state index in [1.807, 2.05) is 36.4 Å². The molecule has 1 aliphatic heterocycles. The number of carboxylic acids is 1. The first-order valence-electron chi connectivity index (χ1n) is 10.4. The van der Waals surface area contributed by atoms with Gasteiger partial charge in [-0.1, -0.05) is 30.3 Å². The van der Waals surface area contributed by atoms with E-state index in [0.29, 0.717) is 36.2 Å². The number of carboxylic acid groups (broad SMARTS) is 1. The van der Waals surface area contributed by atoms with E-state index >= 15 is 0 Å². The first kappa shape index (κ1) is 22.9. The molecule has 0 aliphatic carbocycles. The maximum atomic E-state index is 12.6. The lowest BCUT2D eigenvalue weighted by molar-refractivity contribution is -0.137. The number of ether oxygens (including phenoxy) is 1. The number of benzene rings is 2. The second-order valence-corrected chi connectivity index (χ2v) is 7.44. The number of anilines is 1. The largest absolute Gasteiger partial charge is 0.505 e. The van der Waals surface area contributed by atoms with Gasteiger partial charge in [-0.05, 0) is 49.4 Å². The fraction of sp³-hybridized carbons (Fsp3) is 0.292. The molecule has 0 atom stereocenters. The summed E-state index contributed by atoms with van der Waals surface area (Å²) in [6.07, 6.45) is 3.16. The van der Waals surface area contributed by atoms with Crippen molar-refractivity contribution < 1.29 is 24.5 Å². The average Bonchev–Trinajstić information content (AvgIpc) is 3.04. The molecule has 32 heavy (non-hydrogen) atoms. The Morgan fingerprint density at radius 3 is 2.62 bits per heavy atom. The highest BCUT2D eigenvalue weighted by atomic mass is 16.5. The molecule has 2 aromatic rings. The molecule has 8 nitrogen and oxygen atoms in total. The minimum absolute atomic E-state index is 0.0227. The van der Waals surface area contributed by atoms with Crippen molar-refractivity contribution in [1.29, 1.82) is 0 Å². The molecule has 0 unspecified atom stereocenters. The van der Waals surface area contributed by atoms with Crippen molar-refractivity contribution in [2.45, 2.75) is 32.6 Å². The highest BCUT2D eigenvalue weighted by Gasteiger charge is 2.27. The summed E-state index contributed by atoms with van der Waals surface area (Å²) in [5.74, 6) is -0.269. The van der Waals surface area contributed by atoms with Crippen LogP contribution in [0.1, 0.15) is 30.9 Å². The summed E-state index contributed by atoms with van der Waals surface area (Å²) < 4.78 is 5.39. The van der Waals surface area contributed by atoms with Crippen LogP contribution in [0, 0.1) is 0 Å². The summed E-state index contributed by atoms with van der Waals surface area (Å²) in [5, 5.41) is 28.0. The van der Waals surface area contributed by atoms with Crippen LogP contribution in [0.2, 0.25) is 0 Å². The monoisotopic (exact) mass is 437 g/mol. The van der Waals surface area contributed by atoms with Gasteiger partial charge in [0.2, 0.25) is 0 Å². The lowest BCUT2D eigenvalue weighted by atomic mass is 10.0. The average molecular weight is 437 g/mol. The van der Waals surface area contributed by atoms with Gasteiger partial charge in [0.25, 0.3) is 5.91 Å². The highest BCUT2D eigenvalue weighted by Crippen LogP contribution is 2.30. The van der Waals surface area contributed by atoms with E-state index < -0.39 is 5.97 Å².